The molecule has 6 heteroatoms. The summed E-state index contributed by atoms with van der Waals surface area (Å²) in [6.45, 7) is 1.75. The molecule has 124 valence electrons. The molecule has 1 amide bonds. The molecule has 1 N–H and O–H groups in total. The van der Waals surface area contributed by atoms with E-state index in [1.165, 1.54) is 0 Å². The van der Waals surface area contributed by atoms with Crippen molar-refractivity contribution in [2.24, 2.45) is 5.92 Å². The number of hydrogen-bond donors (Lipinski definition) is 1. The summed E-state index contributed by atoms with van der Waals surface area (Å²) in [5.41, 5.74) is 1.25. The van der Waals surface area contributed by atoms with Gasteiger partial charge >= 0.3 is 5.63 Å². The summed E-state index contributed by atoms with van der Waals surface area (Å²) < 4.78 is 5.46. The van der Waals surface area contributed by atoms with Gasteiger partial charge in [-0.3, -0.25) is 9.78 Å². The van der Waals surface area contributed by atoms with Gasteiger partial charge in [0.15, 0.2) is 5.69 Å². The summed E-state index contributed by atoms with van der Waals surface area (Å²) in [6.07, 6.45) is 7.28. The van der Waals surface area contributed by atoms with E-state index >= 15 is 0 Å². The van der Waals surface area contributed by atoms with Crippen LogP contribution in [0.5, 0.6) is 0 Å². The molecule has 6 nitrogen and oxygen atoms in total. The Morgan fingerprint density at radius 2 is 2.08 bits per heavy atom. The number of nitrogens with zero attached hydrogens (tertiary/aromatic N) is 2. The molecule has 2 aromatic heterocycles. The fourth-order valence-electron chi connectivity index (χ4n) is 3.03. The normalized spacial score (nSPS) is 17.1. The molecule has 2 aromatic rings. The molecule has 0 unspecified atom stereocenters. The van der Waals surface area contributed by atoms with Crippen molar-refractivity contribution in [1.82, 2.24) is 4.98 Å². The zero-order valence-electron chi connectivity index (χ0n) is 13.3. The van der Waals surface area contributed by atoms with Gasteiger partial charge in [0.05, 0.1) is 5.69 Å². The molecule has 0 aromatic carbocycles. The Bertz CT molecular complexity index is 806. The minimum Gasteiger partial charge on any atom is -0.421 e. The van der Waals surface area contributed by atoms with E-state index in [1.807, 2.05) is 12.1 Å². The summed E-state index contributed by atoms with van der Waals surface area (Å²) >= 11 is 0. The largest absolute Gasteiger partial charge is 0.421 e. The monoisotopic (exact) mass is 325 g/mol. The van der Waals surface area contributed by atoms with E-state index < -0.39 is 5.63 Å². The van der Waals surface area contributed by atoms with Crippen LogP contribution < -0.4 is 15.8 Å². The first-order chi connectivity index (χ1) is 11.7. The smallest absolute Gasteiger partial charge is 0.362 e. The average molecular weight is 325 g/mol. The Balaban J connectivity index is 1.77. The number of carbonyl (C=O) groups is 1. The predicted molar refractivity (Wildman–Crippen MR) is 91.0 cm³/mol. The van der Waals surface area contributed by atoms with Gasteiger partial charge in [-0.1, -0.05) is 0 Å². The highest BCUT2D eigenvalue weighted by atomic mass is 16.4. The van der Waals surface area contributed by atoms with Crippen molar-refractivity contribution < 1.29 is 9.21 Å². The van der Waals surface area contributed by atoms with Gasteiger partial charge < -0.3 is 14.6 Å². The molecule has 1 saturated carbocycles. The van der Waals surface area contributed by atoms with Gasteiger partial charge in [-0.2, -0.15) is 0 Å². The molecule has 1 saturated heterocycles. The van der Waals surface area contributed by atoms with Gasteiger partial charge in [0.25, 0.3) is 0 Å². The van der Waals surface area contributed by atoms with Crippen LogP contribution >= 0.6 is 0 Å². The number of anilines is 2. The molecule has 0 spiro atoms. The van der Waals surface area contributed by atoms with Crippen LogP contribution in [-0.4, -0.2) is 24.0 Å². The van der Waals surface area contributed by atoms with Gasteiger partial charge in [-0.05, 0) is 37.8 Å². The van der Waals surface area contributed by atoms with Crippen molar-refractivity contribution in [3.63, 3.8) is 0 Å². The van der Waals surface area contributed by atoms with Crippen LogP contribution in [-0.2, 0) is 4.79 Å². The van der Waals surface area contributed by atoms with E-state index in [-0.39, 0.29) is 17.5 Å². The third kappa shape index (κ3) is 2.91. The maximum absolute atomic E-state index is 12.5. The SMILES string of the molecule is O=C(Nc1c(N2CCCC2)cc(-c2cccnc2)oc1=O)C1CC1. The van der Waals surface area contributed by atoms with Crippen molar-refractivity contribution in [2.45, 2.75) is 25.7 Å². The average Bonchev–Trinajstić information content (AvgIpc) is 3.32. The molecule has 0 radical (unpaired) electrons. The highest BCUT2D eigenvalue weighted by Gasteiger charge is 2.31. The Morgan fingerprint density at radius 1 is 1.29 bits per heavy atom. The molecule has 24 heavy (non-hydrogen) atoms. The van der Waals surface area contributed by atoms with Crippen LogP contribution in [0.4, 0.5) is 11.4 Å². The first-order valence-electron chi connectivity index (χ1n) is 8.37. The second kappa shape index (κ2) is 6.11. The van der Waals surface area contributed by atoms with Gasteiger partial charge in [0, 0.05) is 43.0 Å². The molecule has 3 heterocycles. The summed E-state index contributed by atoms with van der Waals surface area (Å²) in [7, 11) is 0. The summed E-state index contributed by atoms with van der Waals surface area (Å²) in [4.78, 5) is 30.9. The van der Waals surface area contributed by atoms with E-state index in [2.05, 4.69) is 15.2 Å². The summed E-state index contributed by atoms with van der Waals surface area (Å²) in [6, 6.07) is 5.49. The number of rotatable bonds is 4. The van der Waals surface area contributed by atoms with Crippen LogP contribution in [0.2, 0.25) is 0 Å². The van der Waals surface area contributed by atoms with E-state index in [4.69, 9.17) is 4.42 Å². The predicted octanol–water partition coefficient (Wildman–Crippen LogP) is 2.65. The Labute approximate surface area is 139 Å². The maximum Gasteiger partial charge on any atom is 0.362 e. The number of carbonyl (C=O) groups excluding carboxylic acids is 1. The molecule has 1 aliphatic carbocycles. The molecule has 0 atom stereocenters. The Kier molecular flexibility index (Phi) is 3.80. The fraction of sp³-hybridized carbons (Fsp3) is 0.389. The lowest BCUT2D eigenvalue weighted by molar-refractivity contribution is -0.117. The van der Waals surface area contributed by atoms with Crippen molar-refractivity contribution in [3.05, 3.63) is 41.0 Å². The second-order valence-corrected chi connectivity index (χ2v) is 6.36. The third-order valence-corrected chi connectivity index (χ3v) is 4.52. The number of pyridine rings is 1. The van der Waals surface area contributed by atoms with Gasteiger partial charge in [-0.15, -0.1) is 0 Å². The van der Waals surface area contributed by atoms with Crippen LogP contribution in [0.1, 0.15) is 25.7 Å². The summed E-state index contributed by atoms with van der Waals surface area (Å²) in [5.74, 6) is 0.421. The molecule has 2 aliphatic rings. The van der Waals surface area contributed by atoms with Crippen LogP contribution in [0.3, 0.4) is 0 Å². The quantitative estimate of drug-likeness (QED) is 0.935. The van der Waals surface area contributed by atoms with Crippen molar-refractivity contribution in [1.29, 1.82) is 0 Å². The molecule has 4 rings (SSSR count). The minimum absolute atomic E-state index is 0.0360. The topological polar surface area (TPSA) is 75.4 Å². The molecular formula is C18H19N3O3. The van der Waals surface area contributed by atoms with E-state index in [0.29, 0.717) is 5.76 Å². The first-order valence-corrected chi connectivity index (χ1v) is 8.37. The van der Waals surface area contributed by atoms with Crippen LogP contribution in [0.15, 0.2) is 39.8 Å². The highest BCUT2D eigenvalue weighted by Crippen LogP contribution is 2.34. The molecule has 2 fully saturated rings. The van der Waals surface area contributed by atoms with Crippen molar-refractivity contribution in [2.75, 3.05) is 23.3 Å². The number of amides is 1. The zero-order chi connectivity index (χ0) is 16.5. The second-order valence-electron chi connectivity index (χ2n) is 6.36. The first kappa shape index (κ1) is 14.9. The highest BCUT2D eigenvalue weighted by molar-refractivity contribution is 5.97. The maximum atomic E-state index is 12.5. The zero-order valence-corrected chi connectivity index (χ0v) is 13.3. The lowest BCUT2D eigenvalue weighted by Gasteiger charge is -2.21. The minimum atomic E-state index is -0.507. The van der Waals surface area contributed by atoms with Crippen LogP contribution in [0.25, 0.3) is 11.3 Å². The lowest BCUT2D eigenvalue weighted by Crippen LogP contribution is -2.26. The van der Waals surface area contributed by atoms with Gasteiger partial charge in [0.2, 0.25) is 5.91 Å². The van der Waals surface area contributed by atoms with E-state index in [0.717, 1.165) is 50.0 Å². The lowest BCUT2D eigenvalue weighted by atomic mass is 10.2. The van der Waals surface area contributed by atoms with Crippen LogP contribution in [0, 0.1) is 5.92 Å². The van der Waals surface area contributed by atoms with Crippen molar-refractivity contribution >= 4 is 17.3 Å². The molecular weight excluding hydrogens is 306 g/mol. The van der Waals surface area contributed by atoms with Gasteiger partial charge in [-0.25, -0.2) is 4.79 Å². The Hall–Kier alpha value is -2.63. The molecule has 0 bridgehead atoms. The van der Waals surface area contributed by atoms with Gasteiger partial charge in [0.1, 0.15) is 5.76 Å². The fourth-order valence-corrected chi connectivity index (χ4v) is 3.03. The Morgan fingerprint density at radius 3 is 2.75 bits per heavy atom. The van der Waals surface area contributed by atoms with E-state index in [1.54, 1.807) is 18.5 Å². The van der Waals surface area contributed by atoms with Crippen molar-refractivity contribution in [3.8, 4) is 11.3 Å². The number of nitrogens with one attached hydrogen (secondary N) is 1. The molecule has 1 aliphatic heterocycles. The number of aromatic nitrogens is 1. The standard InChI is InChI=1S/C18H19N3O3/c22-17(12-5-6-12)20-16-14(21-8-1-2-9-21)10-15(24-18(16)23)13-4-3-7-19-11-13/h3-4,7,10-12H,1-2,5-6,8-9H2,(H,20,22). The van der Waals surface area contributed by atoms with E-state index in [9.17, 15) is 9.59 Å². The third-order valence-electron chi connectivity index (χ3n) is 4.52. The number of hydrogen-bond acceptors (Lipinski definition) is 5. The summed E-state index contributed by atoms with van der Waals surface area (Å²) in [5, 5.41) is 2.79.